The number of aromatic nitrogens is 3. The van der Waals surface area contributed by atoms with Gasteiger partial charge in [-0.05, 0) is 75.8 Å². The van der Waals surface area contributed by atoms with E-state index in [4.69, 9.17) is 17.2 Å². The lowest BCUT2D eigenvalue weighted by Crippen LogP contribution is -2.59. The summed E-state index contributed by atoms with van der Waals surface area (Å²) in [5.74, 6) is -13.7. The van der Waals surface area contributed by atoms with Gasteiger partial charge in [-0.15, -0.1) is 11.8 Å². The van der Waals surface area contributed by atoms with Crippen LogP contribution in [0.25, 0.3) is 10.9 Å². The van der Waals surface area contributed by atoms with Crippen LogP contribution in [-0.2, 0) is 84.8 Å². The van der Waals surface area contributed by atoms with E-state index in [-0.39, 0.29) is 49.7 Å². The first-order valence-electron chi connectivity index (χ1n) is 31.6. The zero-order valence-corrected chi connectivity index (χ0v) is 58.2. The normalized spacial score (nSPS) is 14.2. The molecule has 548 valence electrons. The van der Waals surface area contributed by atoms with Gasteiger partial charge in [-0.2, -0.15) is 11.8 Å². The van der Waals surface area contributed by atoms with Crippen LogP contribution < -0.4 is 81.0 Å². The number of benzene rings is 1. The van der Waals surface area contributed by atoms with E-state index in [1.807, 2.05) is 20.1 Å². The molecular weight excluding hydrogens is 1330 g/mol. The number of aliphatic hydroxyl groups is 2. The van der Waals surface area contributed by atoms with Gasteiger partial charge in [0.2, 0.25) is 88.6 Å². The third-order valence-electron chi connectivity index (χ3n) is 14.6. The minimum absolute atomic E-state index is 0.115. The number of fused-ring (bicyclic) bond motifs is 1. The van der Waals surface area contributed by atoms with Crippen LogP contribution in [0.15, 0.2) is 43.0 Å². The summed E-state index contributed by atoms with van der Waals surface area (Å²) >= 11 is 2.27. The number of H-pyrrole nitrogens is 2. The number of aromatic amines is 2. The molecule has 0 aliphatic carbocycles. The highest BCUT2D eigenvalue weighted by Gasteiger charge is 2.35. The van der Waals surface area contributed by atoms with Crippen molar-refractivity contribution in [2.75, 3.05) is 70.5 Å². The number of rotatable bonds is 46. The first kappa shape index (κ1) is 83.8. The molecule has 0 radical (unpaired) electrons. The topological polar surface area (TPSA) is 567 Å². The fraction of sp³-hybridized carbons (Fsp3) is 0.574. The van der Waals surface area contributed by atoms with Gasteiger partial charge in [-0.3, -0.25) is 71.9 Å². The Labute approximate surface area is 580 Å². The quantitative estimate of drug-likeness (QED) is 0.0250. The van der Waals surface area contributed by atoms with Crippen LogP contribution in [0.5, 0.6) is 0 Å². The van der Waals surface area contributed by atoms with Crippen molar-refractivity contribution < 1.29 is 82.1 Å². The molecule has 0 unspecified atom stereocenters. The third-order valence-corrected chi connectivity index (χ3v) is 16.4. The van der Waals surface area contributed by atoms with Gasteiger partial charge in [0.15, 0.2) is 0 Å². The maximum atomic E-state index is 14.4. The van der Waals surface area contributed by atoms with E-state index in [9.17, 15) is 82.1 Å². The van der Waals surface area contributed by atoms with Gasteiger partial charge in [-0.1, -0.05) is 45.9 Å². The maximum Gasteiger partial charge on any atom is 0.245 e. The number of primary amides is 3. The predicted octanol–water partition coefficient (Wildman–Crippen LogP) is -6.86. The lowest BCUT2D eigenvalue weighted by Gasteiger charge is -2.26. The molecule has 0 bridgehead atoms. The number of likely N-dealkylation sites (N-methyl/N-ethyl adjacent to an activating group) is 1. The third kappa shape index (κ3) is 30.5. The zero-order chi connectivity index (χ0) is 74.1. The van der Waals surface area contributed by atoms with Crippen molar-refractivity contribution in [3.8, 4) is 0 Å². The van der Waals surface area contributed by atoms with Crippen molar-refractivity contribution >= 4 is 123 Å². The standard InChI is InChI=1S/C61H95N19O17S2/c1-31(2)19-40(57(93)74-38(52(64)88)16-18-98-8)75-58(94)42(21-35-23-65-30-69-35)72-49(86)24-68-61(97)51(32(3)4)79-53(89)33(5)70-56(92)41(20-34-22-67-37-12-10-9-11-36(34)37)76-55(91)39(13-14-46(62)83)71-48(85)15-17-66-54(90)43(26-81)77-60(96)45(28-99-29-47(63)84)78-59(95)44(27-82)73-50(87)25-80(6)7/h9-12,22-23,30-33,38-45,51,67,81-82H,13-21,24-29H2,1-8H3,(H2,62,83)(H2,63,84)(H2,64,88)(H,65,69)(H,66,90)(H,68,97)(H,70,92)(H,71,85)(H,72,86)(H,73,87)(H,74,93)(H,75,94)(H,76,91)(H,77,96)(H,78,95)(H,79,89)/t33-,38-,39-,40-,41-,42-,43-,44-,45-,51-/m0/s1. The van der Waals surface area contributed by atoms with Crippen molar-refractivity contribution in [3.63, 3.8) is 0 Å². The molecule has 0 fully saturated rings. The van der Waals surface area contributed by atoms with E-state index >= 15 is 0 Å². The fourth-order valence-electron chi connectivity index (χ4n) is 9.48. The van der Waals surface area contributed by atoms with Crippen LogP contribution in [0, 0.1) is 11.8 Å². The predicted molar refractivity (Wildman–Crippen MR) is 364 cm³/mol. The minimum atomic E-state index is -1.69. The average molecular weight is 1430 g/mol. The van der Waals surface area contributed by atoms with Crippen LogP contribution in [0.4, 0.5) is 0 Å². The van der Waals surface area contributed by atoms with Crippen molar-refractivity contribution in [1.29, 1.82) is 0 Å². The molecule has 0 saturated heterocycles. The highest BCUT2D eigenvalue weighted by atomic mass is 32.2. The Morgan fingerprint density at radius 1 is 0.566 bits per heavy atom. The minimum Gasteiger partial charge on any atom is -0.394 e. The van der Waals surface area contributed by atoms with Crippen LogP contribution in [-0.4, -0.2) is 250 Å². The Morgan fingerprint density at radius 2 is 1.13 bits per heavy atom. The Balaban J connectivity index is 1.75. The van der Waals surface area contributed by atoms with E-state index < -0.39 is 201 Å². The van der Waals surface area contributed by atoms with Gasteiger partial charge in [0, 0.05) is 67.0 Å². The van der Waals surface area contributed by atoms with E-state index in [1.54, 1.807) is 58.4 Å². The van der Waals surface area contributed by atoms with Gasteiger partial charge in [0.1, 0.15) is 60.4 Å². The number of nitrogens with two attached hydrogens (primary N) is 3. The number of imidazole rings is 1. The molecular formula is C61H95N19O17S2. The molecule has 99 heavy (non-hydrogen) atoms. The summed E-state index contributed by atoms with van der Waals surface area (Å²) in [5.41, 5.74) is 17.8. The Morgan fingerprint density at radius 3 is 1.74 bits per heavy atom. The summed E-state index contributed by atoms with van der Waals surface area (Å²) in [5, 5.41) is 50.4. The van der Waals surface area contributed by atoms with Gasteiger partial charge >= 0.3 is 0 Å². The van der Waals surface area contributed by atoms with Crippen molar-refractivity contribution in [3.05, 3.63) is 54.2 Å². The summed E-state index contributed by atoms with van der Waals surface area (Å²) in [6.07, 6.45) is 4.85. The van der Waals surface area contributed by atoms with Gasteiger partial charge in [0.25, 0.3) is 0 Å². The lowest BCUT2D eigenvalue weighted by atomic mass is 10.0. The summed E-state index contributed by atoms with van der Waals surface area (Å²) in [6, 6.07) is -6.99. The van der Waals surface area contributed by atoms with Gasteiger partial charge in [0.05, 0.1) is 38.4 Å². The highest BCUT2D eigenvalue weighted by molar-refractivity contribution is 8.00. The average Bonchev–Trinajstić information content (AvgIpc) is 1.70. The molecule has 3 rings (SSSR count). The smallest absolute Gasteiger partial charge is 0.245 e. The number of carbonyl (C=O) groups excluding carboxylic acids is 15. The second kappa shape index (κ2) is 43.1. The van der Waals surface area contributed by atoms with Gasteiger partial charge < -0.3 is 106 Å². The van der Waals surface area contributed by atoms with Crippen LogP contribution in [0.1, 0.15) is 78.0 Å². The highest BCUT2D eigenvalue weighted by Crippen LogP contribution is 2.20. The van der Waals surface area contributed by atoms with Gasteiger partial charge in [-0.25, -0.2) is 4.98 Å². The van der Waals surface area contributed by atoms with E-state index in [2.05, 4.69) is 78.8 Å². The van der Waals surface area contributed by atoms with E-state index in [0.29, 0.717) is 27.9 Å². The molecule has 15 amide bonds. The Bertz CT molecular complexity index is 3260. The molecule has 0 spiro atoms. The van der Waals surface area contributed by atoms with Crippen molar-refractivity contribution in [1.82, 2.24) is 83.7 Å². The molecule has 0 saturated carbocycles. The molecule has 10 atom stereocenters. The molecule has 2 aromatic heterocycles. The summed E-state index contributed by atoms with van der Waals surface area (Å²) in [4.78, 5) is 210. The first-order valence-corrected chi connectivity index (χ1v) is 34.2. The molecule has 36 nitrogen and oxygen atoms in total. The van der Waals surface area contributed by atoms with Crippen LogP contribution >= 0.6 is 23.5 Å². The fourth-order valence-corrected chi connectivity index (χ4v) is 10.7. The lowest BCUT2D eigenvalue weighted by molar-refractivity contribution is -0.135. The molecule has 0 aliphatic heterocycles. The molecule has 3 aromatic rings. The van der Waals surface area contributed by atoms with E-state index in [1.165, 1.54) is 36.1 Å². The number of hydrogen-bond donors (Lipinski definition) is 19. The second-order valence-electron chi connectivity index (χ2n) is 24.1. The first-order chi connectivity index (χ1) is 46.8. The molecule has 22 N–H and O–H groups in total. The molecule has 38 heteroatoms. The number of hydrogen-bond acceptors (Lipinski definition) is 21. The second-order valence-corrected chi connectivity index (χ2v) is 26.1. The maximum absolute atomic E-state index is 14.4. The molecule has 2 heterocycles. The number of nitrogens with zero attached hydrogens (tertiary/aromatic N) is 2. The summed E-state index contributed by atoms with van der Waals surface area (Å²) in [7, 11) is 3.17. The number of nitrogens with one attached hydrogen (secondary N) is 14. The monoisotopic (exact) mass is 1430 g/mol. The molecule has 0 aliphatic rings. The number of para-hydroxylation sites is 1. The summed E-state index contributed by atoms with van der Waals surface area (Å²) < 4.78 is 0. The SMILES string of the molecule is CSCC[C@H](NC(=O)[C@H](CC(C)C)NC(=O)[C@H](Cc1cnc[nH]1)NC(=O)CNC(=O)[C@@H](NC(=O)[C@H](C)NC(=O)[C@H](Cc1c[nH]c2ccccc12)NC(=O)[C@H](CCC(N)=O)NC(=O)CCNC(=O)[C@H](CO)NC(=O)[C@H](CSCC(N)=O)NC(=O)[C@H](CO)NC(=O)CN(C)C)C(C)C)C(N)=O. The van der Waals surface area contributed by atoms with Crippen LogP contribution in [0.3, 0.4) is 0 Å². The Hall–Kier alpha value is -9.40. The zero-order valence-electron chi connectivity index (χ0n) is 56.5. The molecule has 1 aromatic carbocycles. The Kier molecular flexibility index (Phi) is 36.5. The van der Waals surface area contributed by atoms with Crippen molar-refractivity contribution in [2.24, 2.45) is 29.0 Å². The largest absolute Gasteiger partial charge is 0.394 e. The summed E-state index contributed by atoms with van der Waals surface area (Å²) in [6.45, 7) is 4.93. The number of thioether (sulfide) groups is 2. The number of amides is 15. The van der Waals surface area contributed by atoms with E-state index in [0.717, 1.165) is 11.8 Å². The van der Waals surface area contributed by atoms with Crippen LogP contribution in [0.2, 0.25) is 0 Å². The number of aliphatic hydroxyl groups excluding tert-OH is 2. The number of carbonyl (C=O) groups is 15. The van der Waals surface area contributed by atoms with Crippen molar-refractivity contribution in [2.45, 2.75) is 140 Å².